The Morgan fingerprint density at radius 1 is 0.950 bits per heavy atom. The summed E-state index contributed by atoms with van der Waals surface area (Å²) < 4.78 is 16.4. The van der Waals surface area contributed by atoms with E-state index in [1.165, 1.54) is 18.3 Å². The first kappa shape index (κ1) is 26.6. The summed E-state index contributed by atoms with van der Waals surface area (Å²) in [5, 5.41) is 5.71. The molecule has 3 aromatic carbocycles. The van der Waals surface area contributed by atoms with Gasteiger partial charge in [-0.1, -0.05) is 54.1 Å². The molecule has 2 N–H and O–H groups in total. The van der Waals surface area contributed by atoms with Crippen LogP contribution in [0.2, 0.25) is 0 Å². The first-order chi connectivity index (χ1) is 19.4. The fourth-order valence-electron chi connectivity index (χ4n) is 4.58. The molecule has 1 saturated heterocycles. The van der Waals surface area contributed by atoms with Crippen molar-refractivity contribution in [2.75, 3.05) is 12.4 Å². The highest BCUT2D eigenvalue weighted by Gasteiger charge is 2.47. The van der Waals surface area contributed by atoms with E-state index in [1.54, 1.807) is 60.7 Å². The van der Waals surface area contributed by atoms with Gasteiger partial charge in [-0.2, -0.15) is 0 Å². The normalized spacial score (nSPS) is 16.4. The second kappa shape index (κ2) is 11.8. The van der Waals surface area contributed by atoms with E-state index in [0.717, 1.165) is 11.1 Å². The highest BCUT2D eigenvalue weighted by Crippen LogP contribution is 2.35. The van der Waals surface area contributed by atoms with Crippen molar-refractivity contribution >= 4 is 23.6 Å². The summed E-state index contributed by atoms with van der Waals surface area (Å²) in [6, 6.07) is 24.2. The first-order valence-corrected chi connectivity index (χ1v) is 12.8. The zero-order valence-electron chi connectivity index (χ0n) is 22.1. The Balaban J connectivity index is 1.36. The number of aryl methyl sites for hydroxylation is 1. The number of hydrogen-bond donors (Lipinski definition) is 2. The number of ether oxygens (including phenoxy) is 2. The molecule has 9 nitrogen and oxygen atoms in total. The van der Waals surface area contributed by atoms with Crippen molar-refractivity contribution in [2.45, 2.75) is 32.2 Å². The van der Waals surface area contributed by atoms with Gasteiger partial charge in [0.2, 0.25) is 5.91 Å². The molecule has 3 amide bonds. The Hall–Kier alpha value is -5.05. The Labute approximate surface area is 231 Å². The van der Waals surface area contributed by atoms with E-state index in [1.807, 2.05) is 31.2 Å². The lowest BCUT2D eigenvalue weighted by Gasteiger charge is -2.24. The predicted octanol–water partition coefficient (Wildman–Crippen LogP) is 5.23. The van der Waals surface area contributed by atoms with Crippen LogP contribution >= 0.6 is 0 Å². The molecule has 2 unspecified atom stereocenters. The molecule has 1 aromatic heterocycles. The van der Waals surface area contributed by atoms with Gasteiger partial charge in [0.05, 0.1) is 32.0 Å². The zero-order valence-corrected chi connectivity index (χ0v) is 22.1. The number of carbonyl (C=O) groups excluding carboxylic acids is 3. The molecule has 40 heavy (non-hydrogen) atoms. The highest BCUT2D eigenvalue weighted by molar-refractivity contribution is 6.06. The molecule has 0 spiro atoms. The SMILES string of the molecule is COc1ccccc1C(=O)Nc1ccc(C2OC(=O)N(Cc3ccc(C)cc3)C2C(=O)NCc2ccco2)cc1. The number of methoxy groups -OCH3 is 1. The number of cyclic esters (lactones) is 1. The molecule has 5 rings (SSSR count). The predicted molar refractivity (Wildman–Crippen MR) is 148 cm³/mol. The maximum atomic E-state index is 13.5. The van der Waals surface area contributed by atoms with Gasteiger partial charge in [0.25, 0.3) is 5.91 Å². The molecular formula is C31H29N3O6. The number of nitrogens with one attached hydrogen (secondary N) is 2. The minimum atomic E-state index is -0.919. The average molecular weight is 540 g/mol. The molecule has 204 valence electrons. The number of rotatable bonds is 9. The van der Waals surface area contributed by atoms with Crippen molar-refractivity contribution in [3.63, 3.8) is 0 Å². The maximum Gasteiger partial charge on any atom is 0.411 e. The lowest BCUT2D eigenvalue weighted by molar-refractivity contribution is -0.126. The monoisotopic (exact) mass is 539 g/mol. The van der Waals surface area contributed by atoms with Crippen molar-refractivity contribution in [3.8, 4) is 5.75 Å². The van der Waals surface area contributed by atoms with Gasteiger partial charge in [0.15, 0.2) is 12.1 Å². The molecule has 9 heteroatoms. The number of nitrogens with zero attached hydrogens (tertiary/aromatic N) is 1. The first-order valence-electron chi connectivity index (χ1n) is 12.8. The lowest BCUT2D eigenvalue weighted by atomic mass is 10.00. The third kappa shape index (κ3) is 5.83. The summed E-state index contributed by atoms with van der Waals surface area (Å²) in [6.07, 6.45) is 0.0931. The minimum Gasteiger partial charge on any atom is -0.496 e. The van der Waals surface area contributed by atoms with Crippen LogP contribution in [0.3, 0.4) is 0 Å². The van der Waals surface area contributed by atoms with Crippen LogP contribution in [0, 0.1) is 6.92 Å². The van der Waals surface area contributed by atoms with Crippen LogP contribution in [-0.4, -0.2) is 36.0 Å². The average Bonchev–Trinajstić information content (AvgIpc) is 3.61. The van der Waals surface area contributed by atoms with Crippen molar-refractivity contribution in [3.05, 3.63) is 119 Å². The summed E-state index contributed by atoms with van der Waals surface area (Å²) in [5.74, 6) is 0.367. The van der Waals surface area contributed by atoms with Crippen molar-refractivity contribution in [1.29, 1.82) is 0 Å². The quantitative estimate of drug-likeness (QED) is 0.302. The second-order valence-electron chi connectivity index (χ2n) is 9.44. The summed E-state index contributed by atoms with van der Waals surface area (Å²) in [7, 11) is 1.51. The van der Waals surface area contributed by atoms with Gasteiger partial charge in [-0.3, -0.25) is 14.5 Å². The van der Waals surface area contributed by atoms with E-state index in [4.69, 9.17) is 13.9 Å². The van der Waals surface area contributed by atoms with Crippen LogP contribution in [-0.2, 0) is 22.6 Å². The minimum absolute atomic E-state index is 0.176. The van der Waals surface area contributed by atoms with Gasteiger partial charge in [-0.25, -0.2) is 4.79 Å². The fraction of sp³-hybridized carbons (Fsp3) is 0.194. The van der Waals surface area contributed by atoms with Gasteiger partial charge in [-0.15, -0.1) is 0 Å². The molecule has 1 aliphatic rings. The summed E-state index contributed by atoms with van der Waals surface area (Å²) >= 11 is 0. The van der Waals surface area contributed by atoms with E-state index >= 15 is 0 Å². The molecule has 0 bridgehead atoms. The van der Waals surface area contributed by atoms with Crippen LogP contribution in [0.25, 0.3) is 0 Å². The molecule has 2 heterocycles. The molecule has 0 saturated carbocycles. The van der Waals surface area contributed by atoms with E-state index in [2.05, 4.69) is 10.6 Å². The Morgan fingerprint density at radius 3 is 2.40 bits per heavy atom. The highest BCUT2D eigenvalue weighted by atomic mass is 16.6. The van der Waals surface area contributed by atoms with Crippen molar-refractivity contribution < 1.29 is 28.3 Å². The Bertz CT molecular complexity index is 1480. The fourth-order valence-corrected chi connectivity index (χ4v) is 4.58. The van der Waals surface area contributed by atoms with Gasteiger partial charge in [0, 0.05) is 5.69 Å². The second-order valence-corrected chi connectivity index (χ2v) is 9.44. The topological polar surface area (TPSA) is 110 Å². The molecule has 1 fully saturated rings. The van der Waals surface area contributed by atoms with Gasteiger partial charge in [-0.05, 0) is 54.4 Å². The maximum absolute atomic E-state index is 13.5. The number of anilines is 1. The van der Waals surface area contributed by atoms with Crippen LogP contribution < -0.4 is 15.4 Å². The zero-order chi connectivity index (χ0) is 28.1. The number of para-hydroxylation sites is 1. The third-order valence-corrected chi connectivity index (χ3v) is 6.69. The Morgan fingerprint density at radius 2 is 1.70 bits per heavy atom. The van der Waals surface area contributed by atoms with E-state index < -0.39 is 18.2 Å². The number of carbonyl (C=O) groups is 3. The van der Waals surface area contributed by atoms with Crippen LogP contribution in [0.15, 0.2) is 95.6 Å². The standard InChI is InChI=1S/C31H29N3O6/c1-20-9-11-21(12-10-20)19-34-27(30(36)32-18-24-6-5-17-39-24)28(40-31(34)37)22-13-15-23(16-14-22)33-29(35)25-7-3-4-8-26(25)38-2/h3-17,27-28H,18-19H2,1-2H3,(H,32,36)(H,33,35). The number of hydrogen-bond acceptors (Lipinski definition) is 6. The number of benzene rings is 3. The smallest absolute Gasteiger partial charge is 0.411 e. The van der Waals surface area contributed by atoms with E-state index in [0.29, 0.717) is 28.3 Å². The number of amides is 3. The lowest BCUT2D eigenvalue weighted by Crippen LogP contribution is -2.46. The number of furan rings is 1. The molecule has 2 atom stereocenters. The van der Waals surface area contributed by atoms with Gasteiger partial charge < -0.3 is 24.5 Å². The summed E-state index contributed by atoms with van der Waals surface area (Å²) in [6.45, 7) is 2.37. The summed E-state index contributed by atoms with van der Waals surface area (Å²) in [4.78, 5) is 40.7. The molecule has 0 radical (unpaired) electrons. The molecule has 0 aliphatic carbocycles. The Kier molecular flexibility index (Phi) is 7.82. The van der Waals surface area contributed by atoms with Crippen LogP contribution in [0.5, 0.6) is 5.75 Å². The summed E-state index contributed by atoms with van der Waals surface area (Å²) in [5.41, 5.74) is 3.53. The largest absolute Gasteiger partial charge is 0.496 e. The van der Waals surface area contributed by atoms with Gasteiger partial charge in [0.1, 0.15) is 11.5 Å². The van der Waals surface area contributed by atoms with Gasteiger partial charge >= 0.3 is 6.09 Å². The third-order valence-electron chi connectivity index (χ3n) is 6.69. The van der Waals surface area contributed by atoms with Crippen LogP contribution in [0.4, 0.5) is 10.5 Å². The van der Waals surface area contributed by atoms with Crippen molar-refractivity contribution in [1.82, 2.24) is 10.2 Å². The molecule has 1 aliphatic heterocycles. The van der Waals surface area contributed by atoms with E-state index in [-0.39, 0.29) is 24.9 Å². The van der Waals surface area contributed by atoms with Crippen molar-refractivity contribution in [2.24, 2.45) is 0 Å². The molecule has 4 aromatic rings. The van der Waals surface area contributed by atoms with E-state index in [9.17, 15) is 14.4 Å². The van der Waals surface area contributed by atoms with Crippen LogP contribution in [0.1, 0.15) is 38.9 Å². The molecular weight excluding hydrogens is 510 g/mol.